The van der Waals surface area contributed by atoms with Crippen molar-refractivity contribution >= 4 is 11.7 Å². The first-order chi connectivity index (χ1) is 11.1. The molecule has 23 heavy (non-hydrogen) atoms. The van der Waals surface area contributed by atoms with E-state index >= 15 is 0 Å². The number of nitrogens with one attached hydrogen (secondary N) is 1. The molecule has 2 aromatic rings. The number of hydrogen-bond donors (Lipinski definition) is 2. The van der Waals surface area contributed by atoms with E-state index in [9.17, 15) is 14.3 Å². The summed E-state index contributed by atoms with van der Waals surface area (Å²) in [5.41, 5.74) is 1.90. The van der Waals surface area contributed by atoms with Crippen LogP contribution < -0.4 is 5.32 Å². The number of benzene rings is 2. The van der Waals surface area contributed by atoms with Gasteiger partial charge in [0.15, 0.2) is 0 Å². The smallest absolute Gasteiger partial charge is 0.322 e. The van der Waals surface area contributed by atoms with E-state index in [2.05, 4.69) is 5.32 Å². The average Bonchev–Trinajstić information content (AvgIpc) is 3.01. The van der Waals surface area contributed by atoms with Crippen molar-refractivity contribution in [3.05, 3.63) is 59.4 Å². The first-order valence-corrected chi connectivity index (χ1v) is 7.68. The van der Waals surface area contributed by atoms with Gasteiger partial charge in [-0.25, -0.2) is 9.18 Å². The molecule has 1 atom stereocenters. The molecular formula is C18H19FN2O2. The summed E-state index contributed by atoms with van der Waals surface area (Å²) in [6.07, 6.45) is 1.75. The molecule has 1 unspecified atom stereocenters. The number of halogens is 1. The molecule has 0 spiro atoms. The van der Waals surface area contributed by atoms with E-state index in [1.807, 2.05) is 12.1 Å². The zero-order valence-electron chi connectivity index (χ0n) is 12.9. The number of phenols is 1. The highest BCUT2D eigenvalue weighted by atomic mass is 19.1. The predicted molar refractivity (Wildman–Crippen MR) is 86.9 cm³/mol. The molecule has 1 heterocycles. The fourth-order valence-corrected chi connectivity index (χ4v) is 3.02. The summed E-state index contributed by atoms with van der Waals surface area (Å²) in [4.78, 5) is 14.3. The SMILES string of the molecule is Cc1cccc(F)c1NC(=O)N1CCCC1c1ccc(O)cc1. The molecule has 5 heteroatoms. The van der Waals surface area contributed by atoms with Gasteiger partial charge in [-0.05, 0) is 49.1 Å². The minimum absolute atomic E-state index is 0.0531. The fraction of sp³-hybridized carbons (Fsp3) is 0.278. The monoisotopic (exact) mass is 314 g/mol. The molecule has 1 aliphatic heterocycles. The normalized spacial score (nSPS) is 17.3. The molecule has 120 valence electrons. The summed E-state index contributed by atoms with van der Waals surface area (Å²) in [7, 11) is 0. The molecule has 1 fully saturated rings. The summed E-state index contributed by atoms with van der Waals surface area (Å²) >= 11 is 0. The Bertz CT molecular complexity index is 695. The van der Waals surface area contributed by atoms with Crippen molar-refractivity contribution in [2.24, 2.45) is 0 Å². The van der Waals surface area contributed by atoms with Crippen molar-refractivity contribution in [3.63, 3.8) is 0 Å². The maximum absolute atomic E-state index is 13.9. The molecule has 3 rings (SSSR count). The van der Waals surface area contributed by atoms with Crippen molar-refractivity contribution in [1.29, 1.82) is 0 Å². The van der Waals surface area contributed by atoms with Gasteiger partial charge in [0, 0.05) is 6.54 Å². The molecule has 0 aromatic heterocycles. The number of phenolic OH excluding ortho intramolecular Hbond substituents is 1. The number of aryl methyl sites for hydroxylation is 1. The van der Waals surface area contributed by atoms with Crippen molar-refractivity contribution < 1.29 is 14.3 Å². The molecule has 2 N–H and O–H groups in total. The van der Waals surface area contributed by atoms with Crippen molar-refractivity contribution in [3.8, 4) is 5.75 Å². The van der Waals surface area contributed by atoms with Gasteiger partial charge in [-0.2, -0.15) is 0 Å². The van der Waals surface area contributed by atoms with Crippen LogP contribution in [-0.2, 0) is 0 Å². The molecule has 1 aliphatic rings. The van der Waals surface area contributed by atoms with Gasteiger partial charge in [0.1, 0.15) is 11.6 Å². The second kappa shape index (κ2) is 6.28. The van der Waals surface area contributed by atoms with E-state index in [0.29, 0.717) is 12.1 Å². The maximum Gasteiger partial charge on any atom is 0.322 e. The Morgan fingerprint density at radius 2 is 2.00 bits per heavy atom. The number of urea groups is 1. The Labute approximate surface area is 134 Å². The molecule has 0 saturated carbocycles. The lowest BCUT2D eigenvalue weighted by molar-refractivity contribution is 0.207. The van der Waals surface area contributed by atoms with Gasteiger partial charge in [-0.15, -0.1) is 0 Å². The lowest BCUT2D eigenvalue weighted by Crippen LogP contribution is -2.34. The molecular weight excluding hydrogens is 295 g/mol. The highest BCUT2D eigenvalue weighted by molar-refractivity contribution is 5.90. The summed E-state index contributed by atoms with van der Waals surface area (Å²) in [6.45, 7) is 2.39. The molecule has 1 saturated heterocycles. The molecule has 2 amide bonds. The fourth-order valence-electron chi connectivity index (χ4n) is 3.02. The third kappa shape index (κ3) is 3.13. The molecule has 2 aromatic carbocycles. The van der Waals surface area contributed by atoms with Crippen LogP contribution in [0.15, 0.2) is 42.5 Å². The number of anilines is 1. The van der Waals surface area contributed by atoms with Crippen LogP contribution in [0.5, 0.6) is 5.75 Å². The van der Waals surface area contributed by atoms with Crippen LogP contribution in [0.1, 0.15) is 30.0 Å². The Balaban J connectivity index is 1.80. The lowest BCUT2D eigenvalue weighted by Gasteiger charge is -2.26. The van der Waals surface area contributed by atoms with E-state index < -0.39 is 5.82 Å². The van der Waals surface area contributed by atoms with Crippen LogP contribution in [0.2, 0.25) is 0 Å². The zero-order valence-corrected chi connectivity index (χ0v) is 12.9. The van der Waals surface area contributed by atoms with Gasteiger partial charge in [0.05, 0.1) is 11.7 Å². The number of para-hydroxylation sites is 1. The number of hydrogen-bond acceptors (Lipinski definition) is 2. The first-order valence-electron chi connectivity index (χ1n) is 7.68. The van der Waals surface area contributed by atoms with Crippen LogP contribution >= 0.6 is 0 Å². The van der Waals surface area contributed by atoms with Crippen LogP contribution in [0.4, 0.5) is 14.9 Å². The zero-order chi connectivity index (χ0) is 16.4. The van der Waals surface area contributed by atoms with Crippen LogP contribution in [-0.4, -0.2) is 22.6 Å². The number of amides is 2. The van der Waals surface area contributed by atoms with E-state index in [1.54, 1.807) is 36.1 Å². The Kier molecular flexibility index (Phi) is 4.19. The number of rotatable bonds is 2. The van der Waals surface area contributed by atoms with Gasteiger partial charge >= 0.3 is 6.03 Å². The summed E-state index contributed by atoms with van der Waals surface area (Å²) < 4.78 is 13.9. The largest absolute Gasteiger partial charge is 0.508 e. The minimum Gasteiger partial charge on any atom is -0.508 e. The van der Waals surface area contributed by atoms with Crippen LogP contribution in [0.25, 0.3) is 0 Å². The molecule has 0 aliphatic carbocycles. The number of likely N-dealkylation sites (tertiary alicyclic amines) is 1. The van der Waals surface area contributed by atoms with Crippen molar-refractivity contribution in [1.82, 2.24) is 4.90 Å². The van der Waals surface area contributed by atoms with E-state index in [1.165, 1.54) is 6.07 Å². The number of nitrogens with zero attached hydrogens (tertiary/aromatic N) is 1. The highest BCUT2D eigenvalue weighted by Crippen LogP contribution is 2.33. The first kappa shape index (κ1) is 15.3. The van der Waals surface area contributed by atoms with E-state index in [4.69, 9.17) is 0 Å². The Morgan fingerprint density at radius 3 is 2.70 bits per heavy atom. The summed E-state index contributed by atoms with van der Waals surface area (Å²) in [5.74, 6) is -0.233. The van der Waals surface area contributed by atoms with Gasteiger partial charge < -0.3 is 15.3 Å². The predicted octanol–water partition coefficient (Wildman–Crippen LogP) is 4.21. The maximum atomic E-state index is 13.9. The van der Waals surface area contributed by atoms with Gasteiger partial charge in [-0.1, -0.05) is 24.3 Å². The molecule has 0 bridgehead atoms. The summed E-state index contributed by atoms with van der Waals surface area (Å²) in [5, 5.41) is 12.1. The summed E-state index contributed by atoms with van der Waals surface area (Å²) in [6, 6.07) is 11.2. The third-order valence-electron chi connectivity index (χ3n) is 4.25. The number of carbonyl (C=O) groups is 1. The second-order valence-corrected chi connectivity index (χ2v) is 5.80. The minimum atomic E-state index is -0.432. The molecule has 4 nitrogen and oxygen atoms in total. The number of aromatic hydroxyl groups is 1. The van der Waals surface area contributed by atoms with Crippen LogP contribution in [0.3, 0.4) is 0 Å². The van der Waals surface area contributed by atoms with Gasteiger partial charge in [0.25, 0.3) is 0 Å². The standard InChI is InChI=1S/C18H19FN2O2/c1-12-4-2-5-15(19)17(12)20-18(23)21-11-3-6-16(21)13-7-9-14(22)10-8-13/h2,4-5,7-10,16,22H,3,6,11H2,1H3,(H,20,23). The van der Waals surface area contributed by atoms with Crippen molar-refractivity contribution in [2.75, 3.05) is 11.9 Å². The Morgan fingerprint density at radius 1 is 1.26 bits per heavy atom. The third-order valence-corrected chi connectivity index (χ3v) is 4.25. The Hall–Kier alpha value is -2.56. The second-order valence-electron chi connectivity index (χ2n) is 5.80. The number of carbonyl (C=O) groups excluding carboxylic acids is 1. The van der Waals surface area contributed by atoms with E-state index in [-0.39, 0.29) is 23.5 Å². The lowest BCUT2D eigenvalue weighted by atomic mass is 10.0. The van der Waals surface area contributed by atoms with Crippen molar-refractivity contribution in [2.45, 2.75) is 25.8 Å². The average molecular weight is 314 g/mol. The van der Waals surface area contributed by atoms with Gasteiger partial charge in [-0.3, -0.25) is 0 Å². The topological polar surface area (TPSA) is 52.6 Å². The quantitative estimate of drug-likeness (QED) is 0.872. The molecule has 0 radical (unpaired) electrons. The van der Waals surface area contributed by atoms with E-state index in [0.717, 1.165) is 18.4 Å². The van der Waals surface area contributed by atoms with Gasteiger partial charge in [0.2, 0.25) is 0 Å². The van der Waals surface area contributed by atoms with Crippen LogP contribution in [0, 0.1) is 12.7 Å². The highest BCUT2D eigenvalue weighted by Gasteiger charge is 2.30.